The zero-order valence-electron chi connectivity index (χ0n) is 13.3. The first-order valence-corrected chi connectivity index (χ1v) is 7.02. The lowest BCUT2D eigenvalue weighted by atomic mass is 9.83. The Kier molecular flexibility index (Phi) is 5.91. The highest BCUT2D eigenvalue weighted by molar-refractivity contribution is 6.41. The average Bonchev–Trinajstić information content (AvgIpc) is 2.52. The van der Waals surface area contributed by atoms with Gasteiger partial charge in [0.1, 0.15) is 12.2 Å². The van der Waals surface area contributed by atoms with Crippen LogP contribution in [0.1, 0.15) is 37.6 Å². The number of ketones is 2. The van der Waals surface area contributed by atoms with Crippen molar-refractivity contribution in [2.45, 2.75) is 27.2 Å². The van der Waals surface area contributed by atoms with Crippen LogP contribution in [0.15, 0.2) is 24.3 Å². The maximum Gasteiger partial charge on any atom is 0.293 e. The summed E-state index contributed by atoms with van der Waals surface area (Å²) >= 11 is 0. The minimum absolute atomic E-state index is 0.0253. The molecular weight excluding hydrogens is 296 g/mol. The predicted molar refractivity (Wildman–Crippen MR) is 83.6 cm³/mol. The van der Waals surface area contributed by atoms with Gasteiger partial charge in [0, 0.05) is 16.7 Å². The van der Waals surface area contributed by atoms with Gasteiger partial charge in [-0.1, -0.05) is 13.8 Å². The van der Waals surface area contributed by atoms with Gasteiger partial charge in [0.2, 0.25) is 5.78 Å². The van der Waals surface area contributed by atoms with E-state index in [1.54, 1.807) is 19.9 Å². The van der Waals surface area contributed by atoms with Crippen LogP contribution in [0.4, 0.5) is 5.69 Å². The van der Waals surface area contributed by atoms with Gasteiger partial charge in [0.25, 0.3) is 5.91 Å². The van der Waals surface area contributed by atoms with Crippen molar-refractivity contribution in [3.63, 3.8) is 0 Å². The summed E-state index contributed by atoms with van der Waals surface area (Å²) in [5.41, 5.74) is -0.0314. The van der Waals surface area contributed by atoms with E-state index in [1.165, 1.54) is 31.2 Å². The van der Waals surface area contributed by atoms with Crippen LogP contribution in [-0.4, -0.2) is 23.8 Å². The maximum absolute atomic E-state index is 12.0. The maximum atomic E-state index is 12.0. The molecule has 0 radical (unpaired) electrons. The summed E-state index contributed by atoms with van der Waals surface area (Å²) in [5, 5.41) is 11.5. The zero-order valence-corrected chi connectivity index (χ0v) is 13.3. The molecule has 1 amide bonds. The summed E-state index contributed by atoms with van der Waals surface area (Å²) in [5.74, 6) is -3.11. The third-order valence-corrected chi connectivity index (χ3v) is 3.29. The van der Waals surface area contributed by atoms with E-state index < -0.39 is 23.0 Å². The van der Waals surface area contributed by atoms with Crippen LogP contribution in [0.2, 0.25) is 0 Å². The number of anilines is 1. The molecule has 0 aliphatic heterocycles. The van der Waals surface area contributed by atoms with E-state index in [9.17, 15) is 19.2 Å². The molecule has 0 heterocycles. The minimum Gasteiger partial charge on any atom is -0.319 e. The van der Waals surface area contributed by atoms with Crippen molar-refractivity contribution < 1.29 is 19.2 Å². The number of Topliss-reactive ketones (excluding diaryl/α,β-unsaturated/α-hetero) is 2. The van der Waals surface area contributed by atoms with Crippen molar-refractivity contribution in [2.24, 2.45) is 11.3 Å². The van der Waals surface area contributed by atoms with Crippen molar-refractivity contribution in [1.82, 2.24) is 0 Å². The normalized spacial score (nSPS) is 11.9. The van der Waals surface area contributed by atoms with Crippen LogP contribution in [0.25, 0.3) is 0 Å². The number of nitrogens with one attached hydrogen (secondary N) is 1. The van der Waals surface area contributed by atoms with Crippen molar-refractivity contribution in [3.8, 4) is 6.07 Å². The number of nitriles is 1. The molecule has 1 aromatic rings. The van der Waals surface area contributed by atoms with Gasteiger partial charge in [-0.2, -0.15) is 5.26 Å². The molecule has 0 aliphatic rings. The minimum atomic E-state index is -1.19. The molecule has 6 heteroatoms. The Morgan fingerprint density at radius 2 is 1.83 bits per heavy atom. The van der Waals surface area contributed by atoms with Crippen molar-refractivity contribution in [1.29, 1.82) is 5.26 Å². The molecule has 0 fully saturated rings. The highest BCUT2D eigenvalue weighted by Crippen LogP contribution is 2.23. The van der Waals surface area contributed by atoms with Gasteiger partial charge in [-0.3, -0.25) is 14.4 Å². The van der Waals surface area contributed by atoms with E-state index in [0.29, 0.717) is 17.5 Å². The van der Waals surface area contributed by atoms with E-state index in [1.807, 2.05) is 0 Å². The van der Waals surface area contributed by atoms with Crippen molar-refractivity contribution in [3.05, 3.63) is 29.8 Å². The van der Waals surface area contributed by atoms with Crippen LogP contribution < -0.4 is 5.32 Å². The molecule has 1 N–H and O–H groups in total. The first-order valence-electron chi connectivity index (χ1n) is 7.02. The fourth-order valence-corrected chi connectivity index (χ4v) is 1.91. The number of carbonyl (C=O) groups is 4. The topological polar surface area (TPSA) is 104 Å². The number of amides is 1. The number of rotatable bonds is 7. The predicted octanol–water partition coefficient (Wildman–Crippen LogP) is 2.15. The van der Waals surface area contributed by atoms with E-state index in [4.69, 9.17) is 5.26 Å². The molecule has 1 rings (SSSR count). The molecule has 6 nitrogen and oxygen atoms in total. The average molecular weight is 314 g/mol. The van der Waals surface area contributed by atoms with Crippen LogP contribution in [0, 0.1) is 22.7 Å². The van der Waals surface area contributed by atoms with Gasteiger partial charge in [-0.25, -0.2) is 0 Å². The molecule has 0 unspecified atom stereocenters. The summed E-state index contributed by atoms with van der Waals surface area (Å²) < 4.78 is 0. The lowest BCUT2D eigenvalue weighted by Gasteiger charge is -2.19. The van der Waals surface area contributed by atoms with Gasteiger partial charge < -0.3 is 10.1 Å². The number of hydrogen-bond donors (Lipinski definition) is 1. The fraction of sp³-hybridized carbons (Fsp3) is 0.353. The lowest BCUT2D eigenvalue weighted by Crippen LogP contribution is -2.32. The Morgan fingerprint density at radius 3 is 2.26 bits per heavy atom. The Morgan fingerprint density at radius 1 is 1.26 bits per heavy atom. The second kappa shape index (κ2) is 7.45. The van der Waals surface area contributed by atoms with Gasteiger partial charge in [0.15, 0.2) is 5.78 Å². The van der Waals surface area contributed by atoms with Crippen molar-refractivity contribution in [2.75, 3.05) is 5.32 Å². The van der Waals surface area contributed by atoms with Crippen LogP contribution in [0.5, 0.6) is 0 Å². The molecular formula is C17H18N2O4. The smallest absolute Gasteiger partial charge is 0.293 e. The number of nitrogens with zero attached hydrogens (tertiary/aromatic N) is 1. The van der Waals surface area contributed by atoms with E-state index >= 15 is 0 Å². The van der Waals surface area contributed by atoms with E-state index in [2.05, 4.69) is 5.32 Å². The van der Waals surface area contributed by atoms with E-state index in [0.717, 1.165) is 0 Å². The van der Waals surface area contributed by atoms with Gasteiger partial charge in [-0.05, 0) is 37.6 Å². The molecule has 23 heavy (non-hydrogen) atoms. The molecule has 0 aromatic heterocycles. The first-order chi connectivity index (χ1) is 10.7. The lowest BCUT2D eigenvalue weighted by molar-refractivity contribution is -0.137. The molecule has 0 bridgehead atoms. The van der Waals surface area contributed by atoms with Crippen LogP contribution in [0.3, 0.4) is 0 Å². The van der Waals surface area contributed by atoms with Crippen LogP contribution >= 0.6 is 0 Å². The molecule has 0 saturated heterocycles. The second-order valence-corrected chi connectivity index (χ2v) is 5.94. The van der Waals surface area contributed by atoms with Gasteiger partial charge >= 0.3 is 0 Å². The molecule has 0 spiro atoms. The summed E-state index contributed by atoms with van der Waals surface area (Å²) in [6.45, 7) is 4.61. The monoisotopic (exact) mass is 314 g/mol. The van der Waals surface area contributed by atoms with Gasteiger partial charge in [-0.15, -0.1) is 0 Å². The Hall–Kier alpha value is -2.81. The Labute approximate surface area is 134 Å². The SMILES string of the molecule is CC(=O)c1ccc(NC(=O)C(=O)[C@H](C#N)CC(C)(C)C=O)cc1. The quantitative estimate of drug-likeness (QED) is 0.472. The third kappa shape index (κ3) is 5.15. The zero-order chi connectivity index (χ0) is 17.6. The molecule has 120 valence electrons. The molecule has 0 saturated carbocycles. The fourth-order valence-electron chi connectivity index (χ4n) is 1.91. The summed E-state index contributed by atoms with van der Waals surface area (Å²) in [6, 6.07) is 7.82. The largest absolute Gasteiger partial charge is 0.319 e. The standard InChI is InChI=1S/C17H18N2O4/c1-11(21)12-4-6-14(7-5-12)19-16(23)15(22)13(9-18)8-17(2,3)10-20/h4-7,10,13H,8H2,1-3H3,(H,19,23)/t13-/m0/s1. The summed E-state index contributed by atoms with van der Waals surface area (Å²) in [4.78, 5) is 46.1. The Balaban J connectivity index is 2.79. The van der Waals surface area contributed by atoms with Crippen molar-refractivity contribution >= 4 is 29.4 Å². The second-order valence-electron chi connectivity index (χ2n) is 5.94. The number of aldehydes is 1. The number of hydrogen-bond acceptors (Lipinski definition) is 5. The third-order valence-electron chi connectivity index (χ3n) is 3.29. The van der Waals surface area contributed by atoms with E-state index in [-0.39, 0.29) is 12.2 Å². The highest BCUT2D eigenvalue weighted by atomic mass is 16.2. The first kappa shape index (κ1) is 18.2. The highest BCUT2D eigenvalue weighted by Gasteiger charge is 2.31. The number of carbonyl (C=O) groups excluding carboxylic acids is 4. The van der Waals surface area contributed by atoms with Gasteiger partial charge in [0.05, 0.1) is 6.07 Å². The molecule has 0 aliphatic carbocycles. The molecule has 1 atom stereocenters. The van der Waals surface area contributed by atoms with Crippen LogP contribution in [-0.2, 0) is 14.4 Å². The summed E-state index contributed by atoms with van der Waals surface area (Å²) in [6.07, 6.45) is 0.630. The summed E-state index contributed by atoms with van der Waals surface area (Å²) in [7, 11) is 0. The Bertz CT molecular complexity index is 669. The molecule has 1 aromatic carbocycles. The number of benzene rings is 1.